The molecule has 0 amide bonds. The molecule has 0 rings (SSSR count). The van der Waals surface area contributed by atoms with Gasteiger partial charge in [0.1, 0.15) is 0 Å². The lowest BCUT2D eigenvalue weighted by Crippen LogP contribution is -2.27. The van der Waals surface area contributed by atoms with Crippen LogP contribution in [0.1, 0.15) is 84.5 Å². The highest BCUT2D eigenvalue weighted by Gasteiger charge is 2.16. The fourth-order valence-electron chi connectivity index (χ4n) is 2.43. The summed E-state index contributed by atoms with van der Waals surface area (Å²) in [5, 5.41) is 9.99. The van der Waals surface area contributed by atoms with E-state index in [1.165, 1.54) is 44.9 Å². The van der Waals surface area contributed by atoms with Gasteiger partial charge in [-0.3, -0.25) is 0 Å². The van der Waals surface area contributed by atoms with Crippen molar-refractivity contribution in [3.05, 3.63) is 0 Å². The Bertz CT molecular complexity index is 159. The highest BCUT2D eigenvalue weighted by atomic mass is 16.5. The normalized spacial score (nSPS) is 14.7. The van der Waals surface area contributed by atoms with Gasteiger partial charge >= 0.3 is 0 Å². The van der Waals surface area contributed by atoms with Crippen LogP contribution in [0.2, 0.25) is 0 Å². The summed E-state index contributed by atoms with van der Waals surface area (Å²) in [7, 11) is 1.71. The van der Waals surface area contributed by atoms with E-state index in [9.17, 15) is 5.11 Å². The van der Waals surface area contributed by atoms with Gasteiger partial charge in [0.2, 0.25) is 0 Å². The van der Waals surface area contributed by atoms with Crippen LogP contribution in [0.15, 0.2) is 0 Å². The van der Waals surface area contributed by atoms with Crippen LogP contribution < -0.4 is 0 Å². The van der Waals surface area contributed by atoms with E-state index in [0.717, 1.165) is 25.7 Å². The number of aliphatic hydroxyl groups is 1. The van der Waals surface area contributed by atoms with Gasteiger partial charge in [-0.25, -0.2) is 0 Å². The van der Waals surface area contributed by atoms with Gasteiger partial charge in [0, 0.05) is 7.11 Å². The molecule has 2 heteroatoms. The average Bonchev–Trinajstić information content (AvgIpc) is 2.38. The summed E-state index contributed by atoms with van der Waals surface area (Å²) >= 11 is 0. The molecule has 0 spiro atoms. The summed E-state index contributed by atoms with van der Waals surface area (Å²) in [5.41, 5.74) is 0. The molecule has 0 bridgehead atoms. The van der Waals surface area contributed by atoms with E-state index in [-0.39, 0.29) is 12.2 Å². The molecular formula is C16H34O2. The van der Waals surface area contributed by atoms with Crippen LogP contribution >= 0.6 is 0 Å². The second kappa shape index (κ2) is 13.4. The highest BCUT2D eigenvalue weighted by molar-refractivity contribution is 4.68. The predicted octanol–water partition coefficient (Wildman–Crippen LogP) is 4.69. The Morgan fingerprint density at radius 3 is 1.83 bits per heavy atom. The Labute approximate surface area is 114 Å². The first-order chi connectivity index (χ1) is 8.76. The topological polar surface area (TPSA) is 29.5 Å². The molecule has 0 saturated carbocycles. The Hall–Kier alpha value is -0.0800. The van der Waals surface area contributed by atoms with E-state index >= 15 is 0 Å². The van der Waals surface area contributed by atoms with Gasteiger partial charge in [-0.15, -0.1) is 0 Å². The van der Waals surface area contributed by atoms with Gasteiger partial charge in [0.05, 0.1) is 12.2 Å². The molecule has 0 fully saturated rings. The van der Waals surface area contributed by atoms with Crippen molar-refractivity contribution in [3.63, 3.8) is 0 Å². The fourth-order valence-corrected chi connectivity index (χ4v) is 2.43. The number of unbranched alkanes of at least 4 members (excludes halogenated alkanes) is 7. The molecule has 0 aliphatic carbocycles. The van der Waals surface area contributed by atoms with Crippen molar-refractivity contribution in [2.75, 3.05) is 7.11 Å². The van der Waals surface area contributed by atoms with E-state index in [1.807, 2.05) is 0 Å². The first-order valence-electron chi connectivity index (χ1n) is 7.97. The minimum absolute atomic E-state index is 0.0413. The van der Waals surface area contributed by atoms with Crippen molar-refractivity contribution in [2.24, 2.45) is 0 Å². The molecule has 2 unspecified atom stereocenters. The first-order valence-corrected chi connectivity index (χ1v) is 7.97. The minimum atomic E-state index is -0.268. The first kappa shape index (κ1) is 17.9. The Morgan fingerprint density at radius 1 is 0.778 bits per heavy atom. The lowest BCUT2D eigenvalue weighted by atomic mass is 10.0. The monoisotopic (exact) mass is 258 g/mol. The van der Waals surface area contributed by atoms with Crippen LogP contribution in [0, 0.1) is 0 Å². The number of ether oxygens (including phenoxy) is 1. The molecule has 0 aliphatic heterocycles. The van der Waals surface area contributed by atoms with Crippen molar-refractivity contribution in [3.8, 4) is 0 Å². The molecular weight excluding hydrogens is 224 g/mol. The molecule has 0 heterocycles. The number of aliphatic hydroxyl groups excluding tert-OH is 1. The van der Waals surface area contributed by atoms with E-state index < -0.39 is 0 Å². The largest absolute Gasteiger partial charge is 0.390 e. The second-order valence-electron chi connectivity index (χ2n) is 5.39. The van der Waals surface area contributed by atoms with Crippen molar-refractivity contribution < 1.29 is 9.84 Å². The third-order valence-electron chi connectivity index (χ3n) is 3.66. The summed E-state index contributed by atoms with van der Waals surface area (Å²) in [4.78, 5) is 0. The summed E-state index contributed by atoms with van der Waals surface area (Å²) in [6.45, 7) is 4.39. The smallest absolute Gasteiger partial charge is 0.0830 e. The maximum atomic E-state index is 9.99. The lowest BCUT2D eigenvalue weighted by Gasteiger charge is -2.20. The molecule has 2 atom stereocenters. The van der Waals surface area contributed by atoms with E-state index in [1.54, 1.807) is 7.11 Å². The lowest BCUT2D eigenvalue weighted by molar-refractivity contribution is -0.0211. The predicted molar refractivity (Wildman–Crippen MR) is 78.9 cm³/mol. The van der Waals surface area contributed by atoms with Crippen LogP contribution in [0.3, 0.4) is 0 Å². The SMILES string of the molecule is CCCCCCCCCCC(O)C(CCC)OC. The molecule has 18 heavy (non-hydrogen) atoms. The van der Waals surface area contributed by atoms with Gasteiger partial charge in [0.15, 0.2) is 0 Å². The van der Waals surface area contributed by atoms with Crippen LogP contribution in [0.5, 0.6) is 0 Å². The Morgan fingerprint density at radius 2 is 1.33 bits per heavy atom. The molecule has 0 aliphatic rings. The van der Waals surface area contributed by atoms with Crippen LogP contribution in [0.4, 0.5) is 0 Å². The van der Waals surface area contributed by atoms with Crippen LogP contribution in [0.25, 0.3) is 0 Å². The van der Waals surface area contributed by atoms with Gasteiger partial charge in [0.25, 0.3) is 0 Å². The number of hydrogen-bond acceptors (Lipinski definition) is 2. The average molecular weight is 258 g/mol. The molecule has 2 nitrogen and oxygen atoms in total. The van der Waals surface area contributed by atoms with Crippen LogP contribution in [-0.4, -0.2) is 24.4 Å². The molecule has 1 N–H and O–H groups in total. The van der Waals surface area contributed by atoms with Gasteiger partial charge < -0.3 is 9.84 Å². The van der Waals surface area contributed by atoms with Crippen molar-refractivity contribution in [1.82, 2.24) is 0 Å². The summed E-state index contributed by atoms with van der Waals surface area (Å²) in [6.07, 6.45) is 13.3. The molecule has 0 saturated heterocycles. The number of methoxy groups -OCH3 is 1. The zero-order valence-electron chi connectivity index (χ0n) is 12.8. The van der Waals surface area contributed by atoms with E-state index in [2.05, 4.69) is 13.8 Å². The Balaban J connectivity index is 3.36. The number of rotatable bonds is 13. The summed E-state index contributed by atoms with van der Waals surface area (Å²) in [5.74, 6) is 0. The minimum Gasteiger partial charge on any atom is -0.390 e. The molecule has 110 valence electrons. The van der Waals surface area contributed by atoms with E-state index in [4.69, 9.17) is 4.74 Å². The molecule has 0 aromatic heterocycles. The van der Waals surface area contributed by atoms with Crippen molar-refractivity contribution >= 4 is 0 Å². The molecule has 0 aromatic rings. The standard InChI is InChI=1S/C16H34O2/c1-4-6-7-8-9-10-11-12-14-15(17)16(18-3)13-5-2/h15-17H,4-14H2,1-3H3. The van der Waals surface area contributed by atoms with Crippen LogP contribution in [-0.2, 0) is 4.74 Å². The van der Waals surface area contributed by atoms with Gasteiger partial charge in [-0.1, -0.05) is 71.6 Å². The third kappa shape index (κ3) is 9.90. The number of hydrogen-bond donors (Lipinski definition) is 1. The third-order valence-corrected chi connectivity index (χ3v) is 3.66. The van der Waals surface area contributed by atoms with E-state index in [0.29, 0.717) is 0 Å². The quantitative estimate of drug-likeness (QED) is 0.485. The zero-order chi connectivity index (χ0) is 13.6. The molecule has 0 radical (unpaired) electrons. The fraction of sp³-hybridized carbons (Fsp3) is 1.00. The van der Waals surface area contributed by atoms with Crippen molar-refractivity contribution in [1.29, 1.82) is 0 Å². The summed E-state index contributed by atoms with van der Waals surface area (Å²) in [6, 6.07) is 0. The van der Waals surface area contributed by atoms with Gasteiger partial charge in [-0.05, 0) is 12.8 Å². The Kier molecular flexibility index (Phi) is 13.3. The molecule has 0 aromatic carbocycles. The maximum absolute atomic E-state index is 9.99. The summed E-state index contributed by atoms with van der Waals surface area (Å²) < 4.78 is 5.32. The zero-order valence-corrected chi connectivity index (χ0v) is 12.8. The maximum Gasteiger partial charge on any atom is 0.0830 e. The van der Waals surface area contributed by atoms with Gasteiger partial charge in [-0.2, -0.15) is 0 Å². The second-order valence-corrected chi connectivity index (χ2v) is 5.39. The van der Waals surface area contributed by atoms with Crippen molar-refractivity contribution in [2.45, 2.75) is 96.7 Å². The highest BCUT2D eigenvalue weighted by Crippen LogP contribution is 2.15.